The second-order valence-electron chi connectivity index (χ2n) is 10.3. The number of nitrogens with zero attached hydrogens (tertiary/aromatic N) is 3. The fraction of sp³-hybridized carbons (Fsp3) is 0.625. The molecule has 1 aromatic rings. The molecule has 174 valence electrons. The molecular formula is C24H34N4O4. The number of piperazine rings is 1. The van der Waals surface area contributed by atoms with Gasteiger partial charge in [-0.3, -0.25) is 14.5 Å². The lowest BCUT2D eigenvalue weighted by Gasteiger charge is -2.43. The van der Waals surface area contributed by atoms with E-state index in [1.54, 1.807) is 12.0 Å². The highest BCUT2D eigenvalue weighted by Crippen LogP contribution is 2.46. The highest BCUT2D eigenvalue weighted by atomic mass is 16.5. The Bertz CT molecular complexity index is 909. The summed E-state index contributed by atoms with van der Waals surface area (Å²) in [5.41, 5.74) is 0.100. The molecule has 2 atom stereocenters. The van der Waals surface area contributed by atoms with Crippen molar-refractivity contribution in [3.05, 3.63) is 24.3 Å². The maximum atomic E-state index is 13.3. The smallest absolute Gasteiger partial charge is 0.325 e. The van der Waals surface area contributed by atoms with Gasteiger partial charge in [0.15, 0.2) is 0 Å². The first-order valence-corrected chi connectivity index (χ1v) is 11.4. The first-order chi connectivity index (χ1) is 15.1. The lowest BCUT2D eigenvalue weighted by Crippen LogP contribution is -2.55. The van der Waals surface area contributed by atoms with Crippen LogP contribution in [0.5, 0.6) is 5.75 Å². The van der Waals surface area contributed by atoms with Crippen LogP contribution in [-0.4, -0.2) is 73.0 Å². The first kappa shape index (κ1) is 22.4. The molecule has 0 aromatic heterocycles. The summed E-state index contributed by atoms with van der Waals surface area (Å²) >= 11 is 0. The zero-order valence-corrected chi connectivity index (χ0v) is 19.5. The van der Waals surface area contributed by atoms with Gasteiger partial charge in [-0.2, -0.15) is 0 Å². The number of urea groups is 1. The summed E-state index contributed by atoms with van der Waals surface area (Å²) in [4.78, 5) is 44.0. The minimum atomic E-state index is -0.874. The minimum Gasteiger partial charge on any atom is -0.495 e. The van der Waals surface area contributed by atoms with E-state index in [0.717, 1.165) is 22.8 Å². The Morgan fingerprint density at radius 3 is 2.47 bits per heavy atom. The molecule has 4 amide bonds. The van der Waals surface area contributed by atoms with Crippen LogP contribution in [0.2, 0.25) is 0 Å². The normalized spacial score (nSPS) is 27.6. The molecule has 1 saturated carbocycles. The van der Waals surface area contributed by atoms with Crippen molar-refractivity contribution in [1.82, 2.24) is 15.1 Å². The summed E-state index contributed by atoms with van der Waals surface area (Å²) in [5, 5.41) is 2.95. The van der Waals surface area contributed by atoms with E-state index in [9.17, 15) is 14.4 Å². The van der Waals surface area contributed by atoms with Gasteiger partial charge in [-0.25, -0.2) is 4.79 Å². The lowest BCUT2D eigenvalue weighted by molar-refractivity contribution is -0.140. The van der Waals surface area contributed by atoms with Crippen LogP contribution in [-0.2, 0) is 9.59 Å². The SMILES string of the molecule is COc1ccccc1N1CCN(C(=O)CN2C(=O)N[C@@]3(C[C@@H](C)CC(C)(C)C3)C2=O)CC1. The van der Waals surface area contributed by atoms with Crippen molar-refractivity contribution in [3.63, 3.8) is 0 Å². The molecule has 8 heteroatoms. The average Bonchev–Trinajstić information content (AvgIpc) is 2.95. The molecule has 1 aliphatic carbocycles. The summed E-state index contributed by atoms with van der Waals surface area (Å²) in [6.07, 6.45) is 2.26. The predicted octanol–water partition coefficient (Wildman–Crippen LogP) is 2.48. The summed E-state index contributed by atoms with van der Waals surface area (Å²) in [6.45, 7) is 8.61. The Morgan fingerprint density at radius 1 is 1.12 bits per heavy atom. The highest BCUT2D eigenvalue weighted by Gasteiger charge is 2.56. The third-order valence-electron chi connectivity index (χ3n) is 6.98. The van der Waals surface area contributed by atoms with E-state index >= 15 is 0 Å². The molecule has 0 unspecified atom stereocenters. The monoisotopic (exact) mass is 442 g/mol. The first-order valence-electron chi connectivity index (χ1n) is 11.4. The number of hydrogen-bond donors (Lipinski definition) is 1. The predicted molar refractivity (Wildman–Crippen MR) is 122 cm³/mol. The number of carbonyl (C=O) groups excluding carboxylic acids is 3. The molecule has 8 nitrogen and oxygen atoms in total. The molecule has 0 bridgehead atoms. The van der Waals surface area contributed by atoms with E-state index in [1.165, 1.54) is 0 Å². The summed E-state index contributed by atoms with van der Waals surface area (Å²) in [7, 11) is 1.65. The molecular weight excluding hydrogens is 408 g/mol. The van der Waals surface area contributed by atoms with E-state index in [4.69, 9.17) is 4.74 Å². The molecule has 2 aliphatic heterocycles. The standard InChI is InChI=1S/C24H34N4O4/c1-17-13-23(2,3)16-24(14-17)21(30)28(22(31)25-24)15-20(29)27-11-9-26(10-12-27)18-7-5-6-8-19(18)32-4/h5-8,17H,9-16H2,1-4H3,(H,25,31)/t17-,24+/m0/s1. The molecule has 4 rings (SSSR count). The number of amides is 4. The molecule has 2 heterocycles. The molecule has 3 aliphatic rings. The van der Waals surface area contributed by atoms with Gasteiger partial charge in [0.05, 0.1) is 12.8 Å². The summed E-state index contributed by atoms with van der Waals surface area (Å²) < 4.78 is 5.45. The Balaban J connectivity index is 1.38. The van der Waals surface area contributed by atoms with Gasteiger partial charge < -0.3 is 19.9 Å². The van der Waals surface area contributed by atoms with Crippen LogP contribution < -0.4 is 15.0 Å². The fourth-order valence-corrected chi connectivity index (χ4v) is 5.97. The minimum absolute atomic E-state index is 0.0323. The van der Waals surface area contributed by atoms with Gasteiger partial charge >= 0.3 is 6.03 Å². The van der Waals surface area contributed by atoms with Gasteiger partial charge in [-0.15, -0.1) is 0 Å². The number of para-hydroxylation sites is 2. The Morgan fingerprint density at radius 2 is 1.81 bits per heavy atom. The van der Waals surface area contributed by atoms with Crippen molar-refractivity contribution in [2.24, 2.45) is 11.3 Å². The third-order valence-corrected chi connectivity index (χ3v) is 6.98. The van der Waals surface area contributed by atoms with Gasteiger partial charge in [-0.05, 0) is 42.7 Å². The van der Waals surface area contributed by atoms with Crippen LogP contribution in [0.4, 0.5) is 10.5 Å². The summed E-state index contributed by atoms with van der Waals surface area (Å²) in [5.74, 6) is 0.708. The largest absolute Gasteiger partial charge is 0.495 e. The number of carbonyl (C=O) groups is 3. The number of methoxy groups -OCH3 is 1. The number of imide groups is 1. The Labute approximate surface area is 189 Å². The fourth-order valence-electron chi connectivity index (χ4n) is 5.97. The quantitative estimate of drug-likeness (QED) is 0.725. The van der Waals surface area contributed by atoms with Gasteiger partial charge in [0.1, 0.15) is 17.8 Å². The molecule has 0 radical (unpaired) electrons. The molecule has 1 N–H and O–H groups in total. The zero-order valence-electron chi connectivity index (χ0n) is 19.5. The van der Waals surface area contributed by atoms with Crippen molar-refractivity contribution in [2.75, 3.05) is 44.7 Å². The highest BCUT2D eigenvalue weighted by molar-refractivity contribution is 6.09. The summed E-state index contributed by atoms with van der Waals surface area (Å²) in [6, 6.07) is 7.39. The third kappa shape index (κ3) is 4.14. The van der Waals surface area contributed by atoms with E-state index in [0.29, 0.717) is 44.9 Å². The zero-order chi connectivity index (χ0) is 23.1. The topological polar surface area (TPSA) is 82.2 Å². The average molecular weight is 443 g/mol. The molecule has 32 heavy (non-hydrogen) atoms. The molecule has 2 saturated heterocycles. The van der Waals surface area contributed by atoms with E-state index in [2.05, 4.69) is 31.0 Å². The van der Waals surface area contributed by atoms with Crippen molar-refractivity contribution in [3.8, 4) is 5.75 Å². The van der Waals surface area contributed by atoms with Crippen LogP contribution in [0.3, 0.4) is 0 Å². The van der Waals surface area contributed by atoms with Gasteiger partial charge in [0.25, 0.3) is 5.91 Å². The number of benzene rings is 1. The van der Waals surface area contributed by atoms with Crippen LogP contribution in [0.15, 0.2) is 24.3 Å². The second-order valence-corrected chi connectivity index (χ2v) is 10.3. The molecule has 3 fully saturated rings. The van der Waals surface area contributed by atoms with E-state index in [1.807, 2.05) is 24.3 Å². The van der Waals surface area contributed by atoms with Crippen molar-refractivity contribution in [1.29, 1.82) is 0 Å². The van der Waals surface area contributed by atoms with Gasteiger partial charge in [0, 0.05) is 26.2 Å². The molecule has 1 aromatic carbocycles. The second kappa shape index (κ2) is 8.30. The van der Waals surface area contributed by atoms with E-state index in [-0.39, 0.29) is 23.8 Å². The Kier molecular flexibility index (Phi) is 5.81. The van der Waals surface area contributed by atoms with Crippen molar-refractivity contribution in [2.45, 2.75) is 45.6 Å². The van der Waals surface area contributed by atoms with Crippen LogP contribution in [0.25, 0.3) is 0 Å². The number of ether oxygens (including phenoxy) is 1. The number of hydrogen-bond acceptors (Lipinski definition) is 5. The van der Waals surface area contributed by atoms with Crippen LogP contribution in [0.1, 0.15) is 40.0 Å². The Hall–Kier alpha value is -2.77. The molecule has 1 spiro atoms. The number of nitrogens with one attached hydrogen (secondary N) is 1. The van der Waals surface area contributed by atoms with Gasteiger partial charge in [0.2, 0.25) is 5.91 Å². The van der Waals surface area contributed by atoms with Crippen LogP contribution in [0, 0.1) is 11.3 Å². The van der Waals surface area contributed by atoms with Crippen molar-refractivity contribution < 1.29 is 19.1 Å². The van der Waals surface area contributed by atoms with E-state index < -0.39 is 11.6 Å². The van der Waals surface area contributed by atoms with Gasteiger partial charge in [-0.1, -0.05) is 32.9 Å². The van der Waals surface area contributed by atoms with Crippen molar-refractivity contribution >= 4 is 23.5 Å². The maximum Gasteiger partial charge on any atom is 0.325 e. The lowest BCUT2D eigenvalue weighted by atomic mass is 9.64. The van der Waals surface area contributed by atoms with Crippen LogP contribution >= 0.6 is 0 Å². The number of rotatable bonds is 4. The number of anilines is 1. The maximum absolute atomic E-state index is 13.3.